The van der Waals surface area contributed by atoms with E-state index in [1.54, 1.807) is 6.20 Å². The van der Waals surface area contributed by atoms with Crippen molar-refractivity contribution in [3.8, 4) is 0 Å². The van der Waals surface area contributed by atoms with Crippen LogP contribution in [0.4, 0.5) is 5.82 Å². The summed E-state index contributed by atoms with van der Waals surface area (Å²) in [5.41, 5.74) is 1.75. The number of H-pyrrole nitrogens is 1. The Labute approximate surface area is 131 Å². The van der Waals surface area contributed by atoms with E-state index in [1.807, 2.05) is 29.3 Å². The maximum absolute atomic E-state index is 12.6. The Morgan fingerprint density at radius 3 is 2.91 bits per heavy atom. The Hall–Kier alpha value is -2.30. The minimum Gasteiger partial charge on any atom is -0.357 e. The van der Waals surface area contributed by atoms with E-state index >= 15 is 0 Å². The molecule has 1 amide bonds. The number of carbonyl (C=O) groups excluding carboxylic acids is 1. The molecule has 0 bridgehead atoms. The lowest BCUT2D eigenvalue weighted by molar-refractivity contribution is 0.0746. The Balaban J connectivity index is 1.86. The van der Waals surface area contributed by atoms with Gasteiger partial charge in [-0.3, -0.25) is 4.79 Å². The van der Waals surface area contributed by atoms with Crippen LogP contribution in [0.5, 0.6) is 0 Å². The predicted octanol–water partition coefficient (Wildman–Crippen LogP) is 2.53. The van der Waals surface area contributed by atoms with Crippen LogP contribution in [0.3, 0.4) is 0 Å². The van der Waals surface area contributed by atoms with Gasteiger partial charge in [0.2, 0.25) is 0 Å². The second-order valence-electron chi connectivity index (χ2n) is 6.14. The number of anilines is 1. The van der Waals surface area contributed by atoms with E-state index in [0.717, 1.165) is 24.5 Å². The van der Waals surface area contributed by atoms with Crippen molar-refractivity contribution in [3.05, 3.63) is 47.9 Å². The SMILES string of the molecule is CC(C)CN1CCN(C(=O)c2ccc[nH]2)Cc2cccnc21. The molecule has 0 unspecified atom stereocenters. The van der Waals surface area contributed by atoms with Gasteiger partial charge in [0, 0.05) is 44.1 Å². The van der Waals surface area contributed by atoms with Crippen molar-refractivity contribution in [2.24, 2.45) is 5.92 Å². The number of hydrogen-bond acceptors (Lipinski definition) is 3. The molecule has 0 fully saturated rings. The first-order valence-electron chi connectivity index (χ1n) is 7.76. The fraction of sp³-hybridized carbons (Fsp3) is 0.412. The van der Waals surface area contributed by atoms with Crippen molar-refractivity contribution in [1.82, 2.24) is 14.9 Å². The lowest BCUT2D eigenvalue weighted by Crippen LogP contribution is -2.36. The van der Waals surface area contributed by atoms with Crippen LogP contribution >= 0.6 is 0 Å². The van der Waals surface area contributed by atoms with Crippen molar-refractivity contribution < 1.29 is 4.79 Å². The highest BCUT2D eigenvalue weighted by Gasteiger charge is 2.25. The van der Waals surface area contributed by atoms with E-state index in [4.69, 9.17) is 0 Å². The number of pyridine rings is 1. The summed E-state index contributed by atoms with van der Waals surface area (Å²) >= 11 is 0. The van der Waals surface area contributed by atoms with Gasteiger partial charge in [-0.1, -0.05) is 19.9 Å². The van der Waals surface area contributed by atoms with Gasteiger partial charge in [-0.15, -0.1) is 0 Å². The Kier molecular flexibility index (Phi) is 4.13. The van der Waals surface area contributed by atoms with Crippen LogP contribution in [0.25, 0.3) is 0 Å². The Bertz CT molecular complexity index is 636. The van der Waals surface area contributed by atoms with Crippen LogP contribution in [-0.2, 0) is 6.54 Å². The molecular formula is C17H22N4O. The molecule has 0 saturated carbocycles. The first-order chi connectivity index (χ1) is 10.6. The normalized spacial score (nSPS) is 14.9. The lowest BCUT2D eigenvalue weighted by atomic mass is 10.2. The summed E-state index contributed by atoms with van der Waals surface area (Å²) in [5.74, 6) is 1.62. The number of aromatic amines is 1. The fourth-order valence-electron chi connectivity index (χ4n) is 2.90. The quantitative estimate of drug-likeness (QED) is 0.947. The number of carbonyl (C=O) groups is 1. The van der Waals surface area contributed by atoms with Crippen LogP contribution in [-0.4, -0.2) is 40.4 Å². The third kappa shape index (κ3) is 2.98. The summed E-state index contributed by atoms with van der Waals surface area (Å²) in [6.45, 7) is 7.49. The maximum Gasteiger partial charge on any atom is 0.270 e. The molecule has 5 nitrogen and oxygen atoms in total. The van der Waals surface area contributed by atoms with Gasteiger partial charge in [0.1, 0.15) is 11.5 Å². The highest BCUT2D eigenvalue weighted by Crippen LogP contribution is 2.24. The van der Waals surface area contributed by atoms with Gasteiger partial charge < -0.3 is 14.8 Å². The smallest absolute Gasteiger partial charge is 0.270 e. The zero-order chi connectivity index (χ0) is 15.5. The molecule has 116 valence electrons. The predicted molar refractivity (Wildman–Crippen MR) is 86.8 cm³/mol. The zero-order valence-electron chi connectivity index (χ0n) is 13.1. The molecular weight excluding hydrogens is 276 g/mol. The molecule has 1 N–H and O–H groups in total. The third-order valence-corrected chi connectivity index (χ3v) is 3.87. The molecule has 1 aliphatic rings. The van der Waals surface area contributed by atoms with Crippen molar-refractivity contribution in [3.63, 3.8) is 0 Å². The van der Waals surface area contributed by atoms with Gasteiger partial charge in [-0.2, -0.15) is 0 Å². The van der Waals surface area contributed by atoms with Crippen molar-refractivity contribution in [1.29, 1.82) is 0 Å². The summed E-state index contributed by atoms with van der Waals surface area (Å²) in [6.07, 6.45) is 3.61. The number of nitrogens with zero attached hydrogens (tertiary/aromatic N) is 3. The highest BCUT2D eigenvalue weighted by molar-refractivity contribution is 5.92. The Morgan fingerprint density at radius 2 is 2.18 bits per heavy atom. The van der Waals surface area contributed by atoms with Crippen LogP contribution < -0.4 is 4.90 Å². The molecule has 0 atom stereocenters. The number of nitrogens with one attached hydrogen (secondary N) is 1. The summed E-state index contributed by atoms with van der Waals surface area (Å²) in [5, 5.41) is 0. The average Bonchev–Trinajstić information content (AvgIpc) is 2.97. The average molecular weight is 298 g/mol. The third-order valence-electron chi connectivity index (χ3n) is 3.87. The molecule has 1 aliphatic heterocycles. The molecule has 0 aliphatic carbocycles. The zero-order valence-corrected chi connectivity index (χ0v) is 13.1. The van der Waals surface area contributed by atoms with Gasteiger partial charge in [0.05, 0.1) is 0 Å². The van der Waals surface area contributed by atoms with Gasteiger partial charge in [-0.25, -0.2) is 4.98 Å². The molecule has 22 heavy (non-hydrogen) atoms. The van der Waals surface area contributed by atoms with Gasteiger partial charge >= 0.3 is 0 Å². The number of amides is 1. The van der Waals surface area contributed by atoms with E-state index in [2.05, 4.69) is 34.8 Å². The molecule has 2 aromatic heterocycles. The summed E-state index contributed by atoms with van der Waals surface area (Å²) < 4.78 is 0. The van der Waals surface area contributed by atoms with Gasteiger partial charge in [0.25, 0.3) is 5.91 Å². The Morgan fingerprint density at radius 1 is 1.32 bits per heavy atom. The van der Waals surface area contributed by atoms with Crippen LogP contribution in [0.1, 0.15) is 29.9 Å². The summed E-state index contributed by atoms with van der Waals surface area (Å²) in [6, 6.07) is 7.68. The molecule has 0 aromatic carbocycles. The fourth-order valence-corrected chi connectivity index (χ4v) is 2.90. The molecule has 5 heteroatoms. The number of hydrogen-bond donors (Lipinski definition) is 1. The second kappa shape index (κ2) is 6.22. The largest absolute Gasteiger partial charge is 0.357 e. The first-order valence-corrected chi connectivity index (χ1v) is 7.76. The van der Waals surface area contributed by atoms with Gasteiger partial charge in [-0.05, 0) is 24.1 Å². The molecule has 0 spiro atoms. The highest BCUT2D eigenvalue weighted by atomic mass is 16.2. The van der Waals surface area contributed by atoms with Crippen LogP contribution in [0, 0.1) is 5.92 Å². The molecule has 3 heterocycles. The van der Waals surface area contributed by atoms with Crippen LogP contribution in [0.15, 0.2) is 36.7 Å². The van der Waals surface area contributed by atoms with Gasteiger partial charge in [0.15, 0.2) is 0 Å². The molecule has 3 rings (SSSR count). The van der Waals surface area contributed by atoms with Crippen molar-refractivity contribution >= 4 is 11.7 Å². The molecule has 0 saturated heterocycles. The van der Waals surface area contributed by atoms with Crippen LogP contribution in [0.2, 0.25) is 0 Å². The van der Waals surface area contributed by atoms with E-state index in [-0.39, 0.29) is 5.91 Å². The molecule has 0 radical (unpaired) electrons. The standard InChI is InChI=1S/C17H22N4O/c1-13(2)11-20-9-10-21(17(22)15-6-4-7-18-15)12-14-5-3-8-19-16(14)20/h3-8,13,18H,9-12H2,1-2H3. The topological polar surface area (TPSA) is 52.2 Å². The number of rotatable bonds is 3. The van der Waals surface area contributed by atoms with E-state index < -0.39 is 0 Å². The van der Waals surface area contributed by atoms with Crippen molar-refractivity contribution in [2.75, 3.05) is 24.5 Å². The molecule has 2 aromatic rings. The summed E-state index contributed by atoms with van der Waals surface area (Å²) in [7, 11) is 0. The number of aromatic nitrogens is 2. The minimum atomic E-state index is 0.0474. The maximum atomic E-state index is 12.6. The van der Waals surface area contributed by atoms with E-state index in [9.17, 15) is 4.79 Å². The number of fused-ring (bicyclic) bond motifs is 1. The van der Waals surface area contributed by atoms with Crippen molar-refractivity contribution in [2.45, 2.75) is 20.4 Å². The van der Waals surface area contributed by atoms with E-state index in [0.29, 0.717) is 24.7 Å². The summed E-state index contributed by atoms with van der Waals surface area (Å²) in [4.78, 5) is 24.3. The monoisotopic (exact) mass is 298 g/mol. The lowest BCUT2D eigenvalue weighted by Gasteiger charge is -2.25. The van der Waals surface area contributed by atoms with E-state index in [1.165, 1.54) is 0 Å². The first kappa shape index (κ1) is 14.6. The minimum absolute atomic E-state index is 0.0474. The second-order valence-corrected chi connectivity index (χ2v) is 6.14.